The summed E-state index contributed by atoms with van der Waals surface area (Å²) >= 11 is 5.72. The van der Waals surface area contributed by atoms with E-state index < -0.39 is 31.2 Å². The smallest absolute Gasteiger partial charge is 0.401 e. The van der Waals surface area contributed by atoms with Gasteiger partial charge in [0.05, 0.1) is 13.0 Å². The lowest BCUT2D eigenvalue weighted by molar-refractivity contribution is -0.139. The lowest BCUT2D eigenvalue weighted by Gasteiger charge is -2.18. The standard InChI is InChI=1S/C11H11ClF3NO2/c12-8-3-1-2-7(4-8)9(5-10(17)18)16-6-11(13,14)15/h1-4,9,16H,5-6H2,(H,17,18). The molecule has 1 rings (SSSR count). The number of alkyl halides is 3. The zero-order valence-corrected chi connectivity index (χ0v) is 9.92. The first-order valence-corrected chi connectivity index (χ1v) is 5.43. The van der Waals surface area contributed by atoms with E-state index in [4.69, 9.17) is 16.7 Å². The summed E-state index contributed by atoms with van der Waals surface area (Å²) in [6.07, 6.45) is -4.84. The van der Waals surface area contributed by atoms with Crippen molar-refractivity contribution >= 4 is 17.6 Å². The van der Waals surface area contributed by atoms with Gasteiger partial charge in [-0.25, -0.2) is 0 Å². The first-order valence-electron chi connectivity index (χ1n) is 5.05. The summed E-state index contributed by atoms with van der Waals surface area (Å²) in [5.41, 5.74) is 0.411. The molecule has 3 nitrogen and oxygen atoms in total. The van der Waals surface area contributed by atoms with E-state index in [1.807, 2.05) is 0 Å². The zero-order valence-electron chi connectivity index (χ0n) is 9.17. The Morgan fingerprint density at radius 1 is 1.44 bits per heavy atom. The molecule has 0 fully saturated rings. The van der Waals surface area contributed by atoms with E-state index >= 15 is 0 Å². The third-order valence-electron chi connectivity index (χ3n) is 2.18. The van der Waals surface area contributed by atoms with Gasteiger partial charge in [0, 0.05) is 11.1 Å². The van der Waals surface area contributed by atoms with Crippen LogP contribution in [0.1, 0.15) is 18.0 Å². The van der Waals surface area contributed by atoms with E-state index in [2.05, 4.69) is 5.32 Å². The lowest BCUT2D eigenvalue weighted by atomic mass is 10.0. The highest BCUT2D eigenvalue weighted by Crippen LogP contribution is 2.22. The van der Waals surface area contributed by atoms with Crippen LogP contribution >= 0.6 is 11.6 Å². The van der Waals surface area contributed by atoms with Crippen LogP contribution in [-0.4, -0.2) is 23.8 Å². The lowest BCUT2D eigenvalue weighted by Crippen LogP contribution is -2.33. The molecule has 1 atom stereocenters. The van der Waals surface area contributed by atoms with Gasteiger partial charge < -0.3 is 10.4 Å². The van der Waals surface area contributed by atoms with Gasteiger partial charge in [-0.1, -0.05) is 23.7 Å². The molecule has 0 bridgehead atoms. The third kappa shape index (κ3) is 5.37. The van der Waals surface area contributed by atoms with E-state index in [1.165, 1.54) is 12.1 Å². The van der Waals surface area contributed by atoms with E-state index in [0.29, 0.717) is 10.6 Å². The zero-order chi connectivity index (χ0) is 13.8. The monoisotopic (exact) mass is 281 g/mol. The Kier molecular flexibility index (Phi) is 4.98. The Labute approximate surface area is 107 Å². The second-order valence-electron chi connectivity index (χ2n) is 3.70. The summed E-state index contributed by atoms with van der Waals surface area (Å²) in [6, 6.07) is 5.17. The largest absolute Gasteiger partial charge is 0.481 e. The van der Waals surface area contributed by atoms with Crippen molar-refractivity contribution < 1.29 is 23.1 Å². The molecule has 0 radical (unpaired) electrons. The highest BCUT2D eigenvalue weighted by molar-refractivity contribution is 6.30. The minimum atomic E-state index is -4.39. The SMILES string of the molecule is O=C(O)CC(NCC(F)(F)F)c1cccc(Cl)c1. The molecule has 0 amide bonds. The molecule has 0 aliphatic heterocycles. The van der Waals surface area contributed by atoms with E-state index in [0.717, 1.165) is 0 Å². The quantitative estimate of drug-likeness (QED) is 0.872. The van der Waals surface area contributed by atoms with Gasteiger partial charge in [0.25, 0.3) is 0 Å². The number of benzene rings is 1. The minimum absolute atomic E-state index is 0.344. The Hall–Kier alpha value is -1.27. The predicted octanol–water partition coefficient (Wildman–Crippen LogP) is 3.01. The number of halogens is 4. The van der Waals surface area contributed by atoms with Crippen molar-refractivity contribution in [2.45, 2.75) is 18.6 Å². The molecule has 0 spiro atoms. The fraction of sp³-hybridized carbons (Fsp3) is 0.364. The highest BCUT2D eigenvalue weighted by Gasteiger charge is 2.29. The van der Waals surface area contributed by atoms with Gasteiger partial charge in [-0.3, -0.25) is 4.79 Å². The molecule has 0 heterocycles. The van der Waals surface area contributed by atoms with Crippen LogP contribution in [0.2, 0.25) is 5.02 Å². The molecule has 7 heteroatoms. The molecular formula is C11H11ClF3NO2. The van der Waals surface area contributed by atoms with Crippen molar-refractivity contribution in [3.63, 3.8) is 0 Å². The predicted molar refractivity (Wildman–Crippen MR) is 60.5 cm³/mol. The Morgan fingerprint density at radius 3 is 2.61 bits per heavy atom. The average molecular weight is 282 g/mol. The van der Waals surface area contributed by atoms with E-state index in [9.17, 15) is 18.0 Å². The number of carbonyl (C=O) groups is 1. The fourth-order valence-electron chi connectivity index (χ4n) is 1.44. The van der Waals surface area contributed by atoms with Crippen molar-refractivity contribution in [2.24, 2.45) is 0 Å². The maximum Gasteiger partial charge on any atom is 0.401 e. The van der Waals surface area contributed by atoms with E-state index in [-0.39, 0.29) is 0 Å². The normalized spacial score (nSPS) is 13.3. The van der Waals surface area contributed by atoms with Crippen molar-refractivity contribution in [2.75, 3.05) is 6.54 Å². The molecule has 18 heavy (non-hydrogen) atoms. The molecule has 1 aromatic carbocycles. The van der Waals surface area contributed by atoms with Crippen LogP contribution in [-0.2, 0) is 4.79 Å². The van der Waals surface area contributed by atoms with Crippen molar-refractivity contribution in [1.29, 1.82) is 0 Å². The number of hydrogen-bond acceptors (Lipinski definition) is 2. The Morgan fingerprint density at radius 2 is 2.11 bits per heavy atom. The first kappa shape index (κ1) is 14.8. The van der Waals surface area contributed by atoms with Gasteiger partial charge in [-0.05, 0) is 17.7 Å². The van der Waals surface area contributed by atoms with Gasteiger partial charge >= 0.3 is 12.1 Å². The molecule has 0 aliphatic rings. The number of aliphatic carboxylic acids is 1. The Bertz CT molecular complexity index is 423. The van der Waals surface area contributed by atoms with Crippen molar-refractivity contribution in [1.82, 2.24) is 5.32 Å². The first-order chi connectivity index (χ1) is 8.28. The maximum atomic E-state index is 12.1. The van der Waals surface area contributed by atoms with Crippen LogP contribution in [0.25, 0.3) is 0 Å². The second kappa shape index (κ2) is 6.06. The Balaban J connectivity index is 2.81. The summed E-state index contributed by atoms with van der Waals surface area (Å²) in [5.74, 6) is -1.19. The number of nitrogens with one attached hydrogen (secondary N) is 1. The number of hydrogen-bond donors (Lipinski definition) is 2. The summed E-state index contributed by atoms with van der Waals surface area (Å²) < 4.78 is 36.3. The van der Waals surface area contributed by atoms with Gasteiger partial charge in [-0.2, -0.15) is 13.2 Å². The molecule has 100 valence electrons. The molecule has 2 N–H and O–H groups in total. The van der Waals surface area contributed by atoms with Crippen LogP contribution in [0, 0.1) is 0 Å². The van der Waals surface area contributed by atoms with Crippen LogP contribution in [0.3, 0.4) is 0 Å². The van der Waals surface area contributed by atoms with Crippen LogP contribution in [0.15, 0.2) is 24.3 Å². The molecule has 0 aliphatic carbocycles. The van der Waals surface area contributed by atoms with Crippen molar-refractivity contribution in [3.05, 3.63) is 34.9 Å². The maximum absolute atomic E-state index is 12.1. The molecule has 0 saturated carbocycles. The number of carboxylic acids is 1. The molecule has 0 aromatic heterocycles. The topological polar surface area (TPSA) is 49.3 Å². The van der Waals surface area contributed by atoms with Gasteiger partial charge in [0.15, 0.2) is 0 Å². The third-order valence-corrected chi connectivity index (χ3v) is 2.41. The number of rotatable bonds is 5. The van der Waals surface area contributed by atoms with Gasteiger partial charge in [0.2, 0.25) is 0 Å². The highest BCUT2D eigenvalue weighted by atomic mass is 35.5. The minimum Gasteiger partial charge on any atom is -0.481 e. The summed E-state index contributed by atoms with van der Waals surface area (Å²) in [6.45, 7) is -1.25. The van der Waals surface area contributed by atoms with Crippen LogP contribution < -0.4 is 5.32 Å². The van der Waals surface area contributed by atoms with Gasteiger partial charge in [-0.15, -0.1) is 0 Å². The van der Waals surface area contributed by atoms with Crippen molar-refractivity contribution in [3.8, 4) is 0 Å². The fourth-order valence-corrected chi connectivity index (χ4v) is 1.64. The second-order valence-corrected chi connectivity index (χ2v) is 4.14. The molecule has 0 saturated heterocycles. The summed E-state index contributed by atoms with van der Waals surface area (Å²) in [4.78, 5) is 10.6. The average Bonchev–Trinajstić information content (AvgIpc) is 2.22. The van der Waals surface area contributed by atoms with Crippen LogP contribution in [0.5, 0.6) is 0 Å². The number of carboxylic acid groups (broad SMARTS) is 1. The summed E-state index contributed by atoms with van der Waals surface area (Å²) in [5, 5.41) is 11.2. The van der Waals surface area contributed by atoms with Crippen LogP contribution in [0.4, 0.5) is 13.2 Å². The van der Waals surface area contributed by atoms with Gasteiger partial charge in [0.1, 0.15) is 0 Å². The summed E-state index contributed by atoms with van der Waals surface area (Å²) in [7, 11) is 0. The molecular weight excluding hydrogens is 271 g/mol. The molecule has 1 unspecified atom stereocenters. The molecule has 1 aromatic rings. The van der Waals surface area contributed by atoms with E-state index in [1.54, 1.807) is 12.1 Å².